The van der Waals surface area contributed by atoms with Gasteiger partial charge in [-0.2, -0.15) is 0 Å². The Bertz CT molecular complexity index is 1250. The van der Waals surface area contributed by atoms with E-state index in [-0.39, 0.29) is 11.9 Å². The van der Waals surface area contributed by atoms with Crippen molar-refractivity contribution < 1.29 is 14.3 Å². The van der Waals surface area contributed by atoms with Gasteiger partial charge in [-0.3, -0.25) is 4.79 Å². The summed E-state index contributed by atoms with van der Waals surface area (Å²) >= 11 is 5.97. The average molecular weight is 460 g/mol. The van der Waals surface area contributed by atoms with Crippen LogP contribution in [0.15, 0.2) is 84.9 Å². The van der Waals surface area contributed by atoms with Gasteiger partial charge in [0.2, 0.25) is 0 Å². The van der Waals surface area contributed by atoms with Gasteiger partial charge in [-0.05, 0) is 72.6 Å². The average Bonchev–Trinajstić information content (AvgIpc) is 2.83. The molecule has 4 rings (SSSR count). The van der Waals surface area contributed by atoms with Gasteiger partial charge >= 0.3 is 0 Å². The number of benzene rings is 4. The third-order valence-electron chi connectivity index (χ3n) is 5.46. The summed E-state index contributed by atoms with van der Waals surface area (Å²) in [6, 6.07) is 26.9. The lowest BCUT2D eigenvalue weighted by atomic mass is 10.1. The van der Waals surface area contributed by atoms with Crippen molar-refractivity contribution in [2.75, 3.05) is 6.61 Å². The monoisotopic (exact) mass is 459 g/mol. The summed E-state index contributed by atoms with van der Waals surface area (Å²) in [6.07, 6.45) is 0. The van der Waals surface area contributed by atoms with Gasteiger partial charge in [0.1, 0.15) is 18.1 Å². The number of ether oxygens (including phenoxy) is 2. The molecule has 1 N–H and O–H groups in total. The highest BCUT2D eigenvalue weighted by Gasteiger charge is 2.15. The topological polar surface area (TPSA) is 47.6 Å². The smallest absolute Gasteiger partial charge is 0.251 e. The second kappa shape index (κ2) is 10.4. The molecule has 0 radical (unpaired) electrons. The normalized spacial score (nSPS) is 11.7. The van der Waals surface area contributed by atoms with Gasteiger partial charge in [0.05, 0.1) is 12.6 Å². The summed E-state index contributed by atoms with van der Waals surface area (Å²) in [4.78, 5) is 12.9. The molecule has 4 aromatic carbocycles. The maximum absolute atomic E-state index is 12.9. The molecule has 1 atom stereocenters. The Labute approximate surface area is 199 Å². The Morgan fingerprint density at radius 1 is 0.909 bits per heavy atom. The number of hydrogen-bond acceptors (Lipinski definition) is 3. The van der Waals surface area contributed by atoms with E-state index < -0.39 is 0 Å². The van der Waals surface area contributed by atoms with Crippen molar-refractivity contribution in [3.63, 3.8) is 0 Å². The number of hydrogen-bond donors (Lipinski definition) is 1. The highest BCUT2D eigenvalue weighted by Crippen LogP contribution is 2.26. The zero-order valence-electron chi connectivity index (χ0n) is 18.7. The Morgan fingerprint density at radius 3 is 2.42 bits per heavy atom. The largest absolute Gasteiger partial charge is 0.493 e. The van der Waals surface area contributed by atoms with Crippen LogP contribution in [0.25, 0.3) is 10.8 Å². The zero-order chi connectivity index (χ0) is 23.2. The van der Waals surface area contributed by atoms with Crippen molar-refractivity contribution in [2.45, 2.75) is 26.5 Å². The highest BCUT2D eigenvalue weighted by atomic mass is 35.5. The zero-order valence-corrected chi connectivity index (χ0v) is 19.4. The number of amides is 1. The molecule has 0 spiro atoms. The van der Waals surface area contributed by atoms with Gasteiger partial charge < -0.3 is 14.8 Å². The van der Waals surface area contributed by atoms with Gasteiger partial charge in [-0.25, -0.2) is 0 Å². The predicted molar refractivity (Wildman–Crippen MR) is 133 cm³/mol. The molecule has 0 aliphatic rings. The number of carbonyl (C=O) groups is 1. The Balaban J connectivity index is 1.50. The third-order valence-corrected chi connectivity index (χ3v) is 5.71. The summed E-state index contributed by atoms with van der Waals surface area (Å²) in [5.74, 6) is 1.32. The number of carbonyl (C=O) groups excluding carboxylic acids is 1. The van der Waals surface area contributed by atoms with Crippen molar-refractivity contribution in [2.24, 2.45) is 0 Å². The molecule has 4 nitrogen and oxygen atoms in total. The first-order chi connectivity index (χ1) is 16.0. The minimum atomic E-state index is -0.160. The van der Waals surface area contributed by atoms with E-state index in [9.17, 15) is 4.79 Å². The first kappa shape index (κ1) is 22.7. The highest BCUT2D eigenvalue weighted by molar-refractivity contribution is 6.30. The lowest BCUT2D eigenvalue weighted by Gasteiger charge is -2.16. The van der Waals surface area contributed by atoms with Crippen LogP contribution >= 0.6 is 11.6 Å². The molecule has 0 saturated heterocycles. The molecular formula is C28H26ClNO3. The Kier molecular flexibility index (Phi) is 7.16. The Hall–Kier alpha value is -3.50. The van der Waals surface area contributed by atoms with Crippen LogP contribution in [0, 0.1) is 0 Å². The maximum atomic E-state index is 12.9. The molecule has 5 heteroatoms. The first-order valence-corrected chi connectivity index (χ1v) is 11.3. The van der Waals surface area contributed by atoms with Gasteiger partial charge in [0.25, 0.3) is 5.91 Å². The maximum Gasteiger partial charge on any atom is 0.251 e. The van der Waals surface area contributed by atoms with E-state index in [0.29, 0.717) is 29.5 Å². The molecule has 0 fully saturated rings. The molecular weight excluding hydrogens is 434 g/mol. The lowest BCUT2D eigenvalue weighted by Crippen LogP contribution is -2.26. The molecule has 0 bridgehead atoms. The second-order valence-electron chi connectivity index (χ2n) is 7.80. The quantitative estimate of drug-likeness (QED) is 0.309. The summed E-state index contributed by atoms with van der Waals surface area (Å²) in [7, 11) is 0. The molecule has 33 heavy (non-hydrogen) atoms. The van der Waals surface area contributed by atoms with E-state index in [1.165, 1.54) is 0 Å². The van der Waals surface area contributed by atoms with Crippen molar-refractivity contribution in [3.8, 4) is 11.5 Å². The van der Waals surface area contributed by atoms with E-state index in [1.54, 1.807) is 6.07 Å². The minimum absolute atomic E-state index is 0.154. The van der Waals surface area contributed by atoms with Crippen molar-refractivity contribution in [1.82, 2.24) is 5.32 Å². The van der Waals surface area contributed by atoms with E-state index in [0.717, 1.165) is 27.6 Å². The molecule has 0 saturated carbocycles. The number of nitrogens with one attached hydrogen (secondary N) is 1. The van der Waals surface area contributed by atoms with Crippen LogP contribution in [-0.2, 0) is 6.61 Å². The molecule has 1 amide bonds. The number of rotatable bonds is 8. The predicted octanol–water partition coefficient (Wildman–Crippen LogP) is 6.96. The summed E-state index contributed by atoms with van der Waals surface area (Å²) in [5, 5.41) is 5.98. The Morgan fingerprint density at radius 2 is 1.67 bits per heavy atom. The molecule has 0 heterocycles. The first-order valence-electron chi connectivity index (χ1n) is 11.0. The van der Waals surface area contributed by atoms with E-state index >= 15 is 0 Å². The lowest BCUT2D eigenvalue weighted by molar-refractivity contribution is 0.0939. The second-order valence-corrected chi connectivity index (χ2v) is 8.24. The summed E-state index contributed by atoms with van der Waals surface area (Å²) < 4.78 is 11.8. The third kappa shape index (κ3) is 5.65. The van der Waals surface area contributed by atoms with Crippen LogP contribution in [-0.4, -0.2) is 12.5 Å². The molecule has 4 aromatic rings. The fraction of sp³-hybridized carbons (Fsp3) is 0.179. The fourth-order valence-electron chi connectivity index (χ4n) is 3.66. The van der Waals surface area contributed by atoms with Gasteiger partial charge in [0, 0.05) is 16.1 Å². The standard InChI is InChI=1S/C28H26ClNO3/c1-3-32-27-15-11-23(28(31)30-19(2)20-8-12-25(29)13-9-20)16-24(27)18-33-26-14-10-21-6-4-5-7-22(21)17-26/h4-17,19H,3,18H2,1-2H3,(H,30,31). The van der Waals surface area contributed by atoms with Crippen molar-refractivity contribution in [1.29, 1.82) is 0 Å². The molecule has 1 unspecified atom stereocenters. The summed E-state index contributed by atoms with van der Waals surface area (Å²) in [5.41, 5.74) is 2.35. The van der Waals surface area contributed by atoms with Crippen LogP contribution < -0.4 is 14.8 Å². The number of halogens is 1. The van der Waals surface area contributed by atoms with Gasteiger partial charge in [-0.15, -0.1) is 0 Å². The van der Waals surface area contributed by atoms with Crippen LogP contribution in [0.2, 0.25) is 5.02 Å². The van der Waals surface area contributed by atoms with E-state index in [1.807, 2.05) is 80.6 Å². The van der Waals surface area contributed by atoms with Crippen molar-refractivity contribution in [3.05, 3.63) is 107 Å². The van der Waals surface area contributed by atoms with Crippen LogP contribution in [0.4, 0.5) is 0 Å². The van der Waals surface area contributed by atoms with Crippen LogP contribution in [0.3, 0.4) is 0 Å². The van der Waals surface area contributed by atoms with Gasteiger partial charge in [-0.1, -0.05) is 54.1 Å². The summed E-state index contributed by atoms with van der Waals surface area (Å²) in [6.45, 7) is 4.70. The number of fused-ring (bicyclic) bond motifs is 1. The molecule has 0 aliphatic carbocycles. The SMILES string of the molecule is CCOc1ccc(C(=O)NC(C)c2ccc(Cl)cc2)cc1COc1ccc2ccccc2c1. The van der Waals surface area contributed by atoms with Crippen LogP contribution in [0.5, 0.6) is 11.5 Å². The minimum Gasteiger partial charge on any atom is -0.493 e. The van der Waals surface area contributed by atoms with Gasteiger partial charge in [0.15, 0.2) is 0 Å². The molecule has 0 aliphatic heterocycles. The molecule has 0 aromatic heterocycles. The van der Waals surface area contributed by atoms with Crippen LogP contribution in [0.1, 0.15) is 41.4 Å². The van der Waals surface area contributed by atoms with E-state index in [4.69, 9.17) is 21.1 Å². The molecule has 168 valence electrons. The van der Waals surface area contributed by atoms with Crippen molar-refractivity contribution >= 4 is 28.3 Å². The fourth-order valence-corrected chi connectivity index (χ4v) is 3.79. The van der Waals surface area contributed by atoms with E-state index in [2.05, 4.69) is 17.4 Å².